The van der Waals surface area contributed by atoms with Crippen LogP contribution in [0.2, 0.25) is 0 Å². The van der Waals surface area contributed by atoms with Gasteiger partial charge in [0.1, 0.15) is 0 Å². The Morgan fingerprint density at radius 2 is 1.79 bits per heavy atom. The lowest BCUT2D eigenvalue weighted by molar-refractivity contribution is 0.0452. The van der Waals surface area contributed by atoms with Crippen LogP contribution in [-0.2, 0) is 16.4 Å². The highest BCUT2D eigenvalue weighted by Gasteiger charge is 2.30. The minimum Gasteiger partial charge on any atom is -0.336 e. The summed E-state index contributed by atoms with van der Waals surface area (Å²) >= 11 is 0. The maximum atomic E-state index is 13.1. The number of likely N-dealkylation sites (tertiary alicyclic amines) is 1. The van der Waals surface area contributed by atoms with Gasteiger partial charge in [0.2, 0.25) is 10.0 Å². The standard InChI is InChI=1S/C21H32N4O3S/c1-22-9-4-6-19(16-22)23-11-13-24(14-12-23)21(26)18-7-8-20-17(15-18)5-3-10-25(20)29(2,27)28/h7-8,15,19H,3-6,9-14,16H2,1-2H3. The van der Waals surface area contributed by atoms with E-state index in [2.05, 4.69) is 16.8 Å². The zero-order chi connectivity index (χ0) is 20.6. The van der Waals surface area contributed by atoms with E-state index in [9.17, 15) is 13.2 Å². The molecule has 0 aliphatic carbocycles. The number of piperidine rings is 1. The lowest BCUT2D eigenvalue weighted by Gasteiger charge is -2.42. The predicted octanol–water partition coefficient (Wildman–Crippen LogP) is 1.25. The highest BCUT2D eigenvalue weighted by Crippen LogP contribution is 2.30. The normalized spacial score (nSPS) is 24.4. The summed E-state index contributed by atoms with van der Waals surface area (Å²) in [5.74, 6) is 0.0599. The number of carbonyl (C=O) groups is 1. The molecule has 2 fully saturated rings. The Labute approximate surface area is 174 Å². The Bertz CT molecular complexity index is 865. The third-order valence-corrected chi connectivity index (χ3v) is 7.70. The number of rotatable bonds is 3. The van der Waals surface area contributed by atoms with Crippen molar-refractivity contribution in [3.63, 3.8) is 0 Å². The second-order valence-electron chi connectivity index (χ2n) is 8.67. The van der Waals surface area contributed by atoms with E-state index >= 15 is 0 Å². The number of benzene rings is 1. The summed E-state index contributed by atoms with van der Waals surface area (Å²) in [6.07, 6.45) is 5.34. The number of fused-ring (bicyclic) bond motifs is 1. The van der Waals surface area contributed by atoms with Crippen molar-refractivity contribution < 1.29 is 13.2 Å². The molecular weight excluding hydrogens is 388 g/mol. The molecule has 0 saturated carbocycles. The zero-order valence-corrected chi connectivity index (χ0v) is 18.3. The van der Waals surface area contributed by atoms with Crippen LogP contribution in [0, 0.1) is 0 Å². The molecule has 1 atom stereocenters. The number of hydrogen-bond acceptors (Lipinski definition) is 5. The third kappa shape index (κ3) is 4.44. The highest BCUT2D eigenvalue weighted by atomic mass is 32.2. The fourth-order valence-electron chi connectivity index (χ4n) is 4.95. The Kier molecular flexibility index (Phi) is 5.86. The van der Waals surface area contributed by atoms with Crippen LogP contribution in [0.25, 0.3) is 0 Å². The highest BCUT2D eigenvalue weighted by molar-refractivity contribution is 7.92. The summed E-state index contributed by atoms with van der Waals surface area (Å²) in [6.45, 7) is 6.18. The van der Waals surface area contributed by atoms with Crippen molar-refractivity contribution in [3.8, 4) is 0 Å². The molecule has 160 valence electrons. The van der Waals surface area contributed by atoms with Crippen LogP contribution < -0.4 is 4.31 Å². The first kappa shape index (κ1) is 20.6. The monoisotopic (exact) mass is 420 g/mol. The summed E-state index contributed by atoms with van der Waals surface area (Å²) in [5, 5.41) is 0. The van der Waals surface area contributed by atoms with E-state index < -0.39 is 10.0 Å². The SMILES string of the molecule is CN1CCCC(N2CCN(C(=O)c3ccc4c(c3)CCCN4S(C)(=O)=O)CC2)C1. The maximum Gasteiger partial charge on any atom is 0.253 e. The van der Waals surface area contributed by atoms with Gasteiger partial charge in [-0.2, -0.15) is 0 Å². The van der Waals surface area contributed by atoms with E-state index in [1.54, 1.807) is 12.1 Å². The Hall–Kier alpha value is -1.64. The summed E-state index contributed by atoms with van der Waals surface area (Å²) < 4.78 is 25.5. The second kappa shape index (κ2) is 8.24. The largest absolute Gasteiger partial charge is 0.336 e. The molecule has 2 saturated heterocycles. The molecule has 8 heteroatoms. The number of sulfonamides is 1. The molecule has 0 bridgehead atoms. The Morgan fingerprint density at radius 3 is 2.48 bits per heavy atom. The zero-order valence-electron chi connectivity index (χ0n) is 17.5. The van der Waals surface area contributed by atoms with Crippen molar-refractivity contribution in [1.29, 1.82) is 0 Å². The second-order valence-corrected chi connectivity index (χ2v) is 10.6. The number of aryl methyl sites for hydroxylation is 1. The van der Waals surface area contributed by atoms with Crippen LogP contribution >= 0.6 is 0 Å². The van der Waals surface area contributed by atoms with E-state index in [1.165, 1.54) is 29.9 Å². The van der Waals surface area contributed by atoms with Gasteiger partial charge >= 0.3 is 0 Å². The van der Waals surface area contributed by atoms with E-state index in [1.807, 2.05) is 11.0 Å². The molecule has 0 spiro atoms. The molecule has 7 nitrogen and oxygen atoms in total. The minimum absolute atomic E-state index is 0.0599. The van der Waals surface area contributed by atoms with Gasteiger partial charge in [0.25, 0.3) is 5.91 Å². The van der Waals surface area contributed by atoms with Gasteiger partial charge in [-0.15, -0.1) is 0 Å². The number of anilines is 1. The van der Waals surface area contributed by atoms with E-state index in [-0.39, 0.29) is 5.91 Å². The quantitative estimate of drug-likeness (QED) is 0.737. The van der Waals surface area contributed by atoms with Gasteiger partial charge in [0.05, 0.1) is 11.9 Å². The fraction of sp³-hybridized carbons (Fsp3) is 0.667. The van der Waals surface area contributed by atoms with Crippen molar-refractivity contribution in [2.45, 2.75) is 31.7 Å². The van der Waals surface area contributed by atoms with Gasteiger partial charge in [-0.05, 0) is 63.0 Å². The lowest BCUT2D eigenvalue weighted by atomic mass is 10.00. The van der Waals surface area contributed by atoms with Gasteiger partial charge in [-0.1, -0.05) is 0 Å². The van der Waals surface area contributed by atoms with Gasteiger partial charge < -0.3 is 9.80 Å². The molecule has 1 amide bonds. The van der Waals surface area contributed by atoms with Crippen molar-refractivity contribution in [1.82, 2.24) is 14.7 Å². The smallest absolute Gasteiger partial charge is 0.253 e. The Balaban J connectivity index is 1.42. The summed E-state index contributed by atoms with van der Waals surface area (Å²) in [7, 11) is -1.10. The molecule has 1 unspecified atom stereocenters. The molecule has 0 aromatic heterocycles. The van der Waals surface area contributed by atoms with Crippen molar-refractivity contribution in [2.75, 3.05) is 63.4 Å². The molecule has 1 aromatic rings. The molecule has 1 aromatic carbocycles. The predicted molar refractivity (Wildman–Crippen MR) is 115 cm³/mol. The molecule has 3 heterocycles. The number of carbonyl (C=O) groups excluding carboxylic acids is 1. The number of hydrogen-bond donors (Lipinski definition) is 0. The number of amides is 1. The summed E-state index contributed by atoms with van der Waals surface area (Å²) in [6, 6.07) is 6.10. The molecule has 3 aliphatic heterocycles. The average molecular weight is 421 g/mol. The fourth-order valence-corrected chi connectivity index (χ4v) is 5.95. The first-order chi connectivity index (χ1) is 13.8. The summed E-state index contributed by atoms with van der Waals surface area (Å²) in [4.78, 5) is 20.0. The van der Waals surface area contributed by atoms with Crippen LogP contribution in [0.5, 0.6) is 0 Å². The van der Waals surface area contributed by atoms with Crippen LogP contribution in [-0.4, -0.2) is 94.2 Å². The molecular formula is C21H32N4O3S. The Morgan fingerprint density at radius 1 is 1.03 bits per heavy atom. The van der Waals surface area contributed by atoms with Crippen LogP contribution in [0.15, 0.2) is 18.2 Å². The van der Waals surface area contributed by atoms with Gasteiger partial charge in [0.15, 0.2) is 0 Å². The molecule has 4 rings (SSSR count). The van der Waals surface area contributed by atoms with Crippen molar-refractivity contribution in [2.24, 2.45) is 0 Å². The first-order valence-electron chi connectivity index (χ1n) is 10.7. The van der Waals surface area contributed by atoms with Gasteiger partial charge in [-0.3, -0.25) is 14.0 Å². The van der Waals surface area contributed by atoms with E-state index in [0.29, 0.717) is 18.2 Å². The number of nitrogens with zero attached hydrogens (tertiary/aromatic N) is 4. The maximum absolute atomic E-state index is 13.1. The van der Waals surface area contributed by atoms with Crippen LogP contribution in [0.1, 0.15) is 35.2 Å². The lowest BCUT2D eigenvalue weighted by Crippen LogP contribution is -2.55. The van der Waals surface area contributed by atoms with Crippen LogP contribution in [0.4, 0.5) is 5.69 Å². The van der Waals surface area contributed by atoms with Gasteiger partial charge in [-0.25, -0.2) is 8.42 Å². The summed E-state index contributed by atoms with van der Waals surface area (Å²) in [5.41, 5.74) is 2.35. The molecule has 29 heavy (non-hydrogen) atoms. The molecule has 0 radical (unpaired) electrons. The van der Waals surface area contributed by atoms with Gasteiger partial charge in [0, 0.05) is 50.9 Å². The van der Waals surface area contributed by atoms with E-state index in [4.69, 9.17) is 0 Å². The number of likely N-dealkylation sites (N-methyl/N-ethyl adjacent to an activating group) is 1. The topological polar surface area (TPSA) is 64.2 Å². The third-order valence-electron chi connectivity index (χ3n) is 6.52. The molecule has 0 N–H and O–H groups in total. The number of piperazine rings is 1. The molecule has 3 aliphatic rings. The van der Waals surface area contributed by atoms with Crippen molar-refractivity contribution >= 4 is 21.6 Å². The van der Waals surface area contributed by atoms with E-state index in [0.717, 1.165) is 56.8 Å². The first-order valence-corrected chi connectivity index (χ1v) is 12.5. The van der Waals surface area contributed by atoms with Crippen molar-refractivity contribution in [3.05, 3.63) is 29.3 Å². The average Bonchev–Trinajstić information content (AvgIpc) is 2.72. The van der Waals surface area contributed by atoms with Crippen LogP contribution in [0.3, 0.4) is 0 Å². The minimum atomic E-state index is -3.28.